The van der Waals surface area contributed by atoms with Crippen molar-refractivity contribution in [2.24, 2.45) is 5.73 Å². The van der Waals surface area contributed by atoms with E-state index in [4.69, 9.17) is 5.73 Å². The number of carbonyl (C=O) groups is 2. The normalized spacial score (nSPS) is 11.9. The fraction of sp³-hybridized carbons (Fsp3) is 0.143. The van der Waals surface area contributed by atoms with Crippen LogP contribution in [-0.4, -0.2) is 17.9 Å². The molecule has 0 fully saturated rings. The number of nitrogens with one attached hydrogen (secondary N) is 1. The molecule has 0 saturated heterocycles. The number of carbonyl (C=O) groups excluding carboxylic acids is 2. The molecular formula is C21H19IN2O2. The van der Waals surface area contributed by atoms with Crippen molar-refractivity contribution in [2.45, 2.75) is 18.9 Å². The zero-order valence-electron chi connectivity index (χ0n) is 14.1. The van der Waals surface area contributed by atoms with Gasteiger partial charge in [-0.1, -0.05) is 54.6 Å². The van der Waals surface area contributed by atoms with Gasteiger partial charge in [-0.15, -0.1) is 0 Å². The van der Waals surface area contributed by atoms with E-state index in [0.717, 1.165) is 25.5 Å². The first-order valence-corrected chi connectivity index (χ1v) is 9.40. The first-order chi connectivity index (χ1) is 12.5. The van der Waals surface area contributed by atoms with Crippen LogP contribution in [-0.2, 0) is 22.4 Å². The van der Waals surface area contributed by atoms with Crippen LogP contribution in [0.25, 0.3) is 10.8 Å². The van der Waals surface area contributed by atoms with Gasteiger partial charge in [0.15, 0.2) is 0 Å². The topological polar surface area (TPSA) is 72.2 Å². The minimum absolute atomic E-state index is 0.210. The van der Waals surface area contributed by atoms with Gasteiger partial charge in [-0.05, 0) is 56.6 Å². The summed E-state index contributed by atoms with van der Waals surface area (Å²) >= 11 is 2.22. The van der Waals surface area contributed by atoms with E-state index in [-0.39, 0.29) is 12.3 Å². The van der Waals surface area contributed by atoms with E-state index in [1.807, 2.05) is 66.7 Å². The molecule has 0 saturated carbocycles. The Kier molecular flexibility index (Phi) is 5.88. The predicted octanol–water partition coefficient (Wildman–Crippen LogP) is 3.20. The fourth-order valence-corrected chi connectivity index (χ4v) is 3.22. The van der Waals surface area contributed by atoms with Crippen molar-refractivity contribution < 1.29 is 9.59 Å². The Morgan fingerprint density at radius 1 is 0.923 bits per heavy atom. The zero-order valence-corrected chi connectivity index (χ0v) is 16.3. The molecule has 3 aromatic carbocycles. The SMILES string of the molecule is NC(=O)[C@H](Cc1ccc(I)cc1)NC(=O)Cc1ccc2ccccc2c1. The number of nitrogens with two attached hydrogens (primary N) is 1. The highest BCUT2D eigenvalue weighted by Gasteiger charge is 2.18. The molecule has 0 unspecified atom stereocenters. The summed E-state index contributed by atoms with van der Waals surface area (Å²) in [5.74, 6) is -0.745. The van der Waals surface area contributed by atoms with Crippen molar-refractivity contribution in [1.82, 2.24) is 5.32 Å². The van der Waals surface area contributed by atoms with Gasteiger partial charge in [-0.25, -0.2) is 0 Å². The summed E-state index contributed by atoms with van der Waals surface area (Å²) in [6.07, 6.45) is 0.594. The van der Waals surface area contributed by atoms with Crippen molar-refractivity contribution >= 4 is 45.2 Å². The molecule has 0 heterocycles. The summed E-state index contributed by atoms with van der Waals surface area (Å²) in [5, 5.41) is 4.98. The summed E-state index contributed by atoms with van der Waals surface area (Å²) in [7, 11) is 0. The molecule has 0 aliphatic carbocycles. The fourth-order valence-electron chi connectivity index (χ4n) is 2.86. The number of rotatable bonds is 6. The Morgan fingerprint density at radius 2 is 1.58 bits per heavy atom. The van der Waals surface area contributed by atoms with Gasteiger partial charge in [0, 0.05) is 9.99 Å². The van der Waals surface area contributed by atoms with Crippen LogP contribution < -0.4 is 11.1 Å². The molecule has 132 valence electrons. The first kappa shape index (κ1) is 18.4. The van der Waals surface area contributed by atoms with E-state index in [1.54, 1.807) is 0 Å². The zero-order chi connectivity index (χ0) is 18.5. The van der Waals surface area contributed by atoms with Crippen molar-refractivity contribution in [2.75, 3.05) is 0 Å². The van der Waals surface area contributed by atoms with Crippen molar-refractivity contribution in [1.29, 1.82) is 0 Å². The minimum atomic E-state index is -0.719. The van der Waals surface area contributed by atoms with Crippen LogP contribution in [0.3, 0.4) is 0 Å². The van der Waals surface area contributed by atoms with E-state index in [0.29, 0.717) is 6.42 Å². The third kappa shape index (κ3) is 4.82. The molecule has 26 heavy (non-hydrogen) atoms. The second-order valence-electron chi connectivity index (χ2n) is 6.21. The first-order valence-electron chi connectivity index (χ1n) is 8.32. The summed E-state index contributed by atoms with van der Waals surface area (Å²) < 4.78 is 1.11. The Balaban J connectivity index is 1.67. The number of amides is 2. The van der Waals surface area contributed by atoms with Gasteiger partial charge in [0.2, 0.25) is 11.8 Å². The lowest BCUT2D eigenvalue weighted by molar-refractivity contribution is -0.127. The average Bonchev–Trinajstić information content (AvgIpc) is 2.62. The molecular weight excluding hydrogens is 439 g/mol. The predicted molar refractivity (Wildman–Crippen MR) is 112 cm³/mol. The van der Waals surface area contributed by atoms with E-state index in [2.05, 4.69) is 27.9 Å². The third-order valence-electron chi connectivity index (χ3n) is 4.21. The number of halogens is 1. The molecule has 0 radical (unpaired) electrons. The summed E-state index contributed by atoms with van der Waals surface area (Å²) in [6.45, 7) is 0. The van der Waals surface area contributed by atoms with Gasteiger partial charge < -0.3 is 11.1 Å². The molecule has 3 rings (SSSR count). The number of primary amides is 1. The van der Waals surface area contributed by atoms with E-state index >= 15 is 0 Å². The molecule has 3 aromatic rings. The molecule has 5 heteroatoms. The quantitative estimate of drug-likeness (QED) is 0.557. The molecule has 0 bridgehead atoms. The Bertz CT molecular complexity index is 938. The molecule has 0 aromatic heterocycles. The highest BCUT2D eigenvalue weighted by atomic mass is 127. The maximum absolute atomic E-state index is 12.4. The van der Waals surface area contributed by atoms with E-state index < -0.39 is 11.9 Å². The number of benzene rings is 3. The molecule has 0 spiro atoms. The lowest BCUT2D eigenvalue weighted by Gasteiger charge is -2.16. The Morgan fingerprint density at radius 3 is 2.27 bits per heavy atom. The van der Waals surface area contributed by atoms with Crippen molar-refractivity contribution in [3.05, 3.63) is 81.4 Å². The number of hydrogen-bond acceptors (Lipinski definition) is 2. The molecule has 2 amide bonds. The summed E-state index contributed by atoms with van der Waals surface area (Å²) in [4.78, 5) is 24.1. The number of hydrogen-bond donors (Lipinski definition) is 2. The maximum Gasteiger partial charge on any atom is 0.240 e. The van der Waals surface area contributed by atoms with Crippen LogP contribution in [0, 0.1) is 3.57 Å². The van der Waals surface area contributed by atoms with E-state index in [1.165, 1.54) is 0 Å². The van der Waals surface area contributed by atoms with Crippen LogP contribution in [0.5, 0.6) is 0 Å². The minimum Gasteiger partial charge on any atom is -0.368 e. The van der Waals surface area contributed by atoms with Crippen LogP contribution >= 0.6 is 22.6 Å². The van der Waals surface area contributed by atoms with E-state index in [9.17, 15) is 9.59 Å². The monoisotopic (exact) mass is 458 g/mol. The highest BCUT2D eigenvalue weighted by molar-refractivity contribution is 14.1. The van der Waals surface area contributed by atoms with Crippen molar-refractivity contribution in [3.8, 4) is 0 Å². The van der Waals surface area contributed by atoms with Crippen molar-refractivity contribution in [3.63, 3.8) is 0 Å². The Labute approximate surface area is 165 Å². The highest BCUT2D eigenvalue weighted by Crippen LogP contribution is 2.16. The van der Waals surface area contributed by atoms with Gasteiger partial charge in [0.25, 0.3) is 0 Å². The van der Waals surface area contributed by atoms with Gasteiger partial charge in [0.1, 0.15) is 6.04 Å². The smallest absolute Gasteiger partial charge is 0.240 e. The lowest BCUT2D eigenvalue weighted by Crippen LogP contribution is -2.46. The Hall–Kier alpha value is -2.41. The molecule has 3 N–H and O–H groups in total. The van der Waals surface area contributed by atoms with Gasteiger partial charge >= 0.3 is 0 Å². The van der Waals surface area contributed by atoms with Crippen LogP contribution in [0.4, 0.5) is 0 Å². The molecule has 1 atom stereocenters. The number of fused-ring (bicyclic) bond motifs is 1. The largest absolute Gasteiger partial charge is 0.368 e. The summed E-state index contributed by atoms with van der Waals surface area (Å²) in [5.41, 5.74) is 7.34. The van der Waals surface area contributed by atoms with Gasteiger partial charge in [0.05, 0.1) is 6.42 Å². The van der Waals surface area contributed by atoms with Crippen LogP contribution in [0.2, 0.25) is 0 Å². The van der Waals surface area contributed by atoms with Gasteiger partial charge in [-0.3, -0.25) is 9.59 Å². The second-order valence-corrected chi connectivity index (χ2v) is 7.46. The standard InChI is InChI=1S/C21H19IN2O2/c22-18-9-6-14(7-10-18)12-19(21(23)26)24-20(25)13-15-5-8-16-3-1-2-4-17(16)11-15/h1-11,19H,12-13H2,(H2,23,26)(H,24,25)/t19-/m0/s1. The molecule has 0 aliphatic heterocycles. The third-order valence-corrected chi connectivity index (χ3v) is 4.93. The van der Waals surface area contributed by atoms with Crippen LogP contribution in [0.15, 0.2) is 66.7 Å². The second kappa shape index (κ2) is 8.31. The average molecular weight is 458 g/mol. The lowest BCUT2D eigenvalue weighted by atomic mass is 10.0. The molecule has 4 nitrogen and oxygen atoms in total. The molecule has 0 aliphatic rings. The maximum atomic E-state index is 12.4. The van der Waals surface area contributed by atoms with Crippen LogP contribution in [0.1, 0.15) is 11.1 Å². The summed E-state index contributed by atoms with van der Waals surface area (Å²) in [6, 6.07) is 21.0. The van der Waals surface area contributed by atoms with Gasteiger partial charge in [-0.2, -0.15) is 0 Å².